The van der Waals surface area contributed by atoms with E-state index in [9.17, 15) is 4.79 Å². The van der Waals surface area contributed by atoms with Crippen molar-refractivity contribution in [1.82, 2.24) is 9.55 Å². The maximum Gasteiger partial charge on any atom is 0.511 e. The van der Waals surface area contributed by atoms with Gasteiger partial charge in [0.1, 0.15) is 18.1 Å². The molecule has 0 amide bonds. The second-order valence-corrected chi connectivity index (χ2v) is 7.86. The van der Waals surface area contributed by atoms with E-state index in [-0.39, 0.29) is 5.75 Å². The normalized spacial score (nSPS) is 13.9. The van der Waals surface area contributed by atoms with Crippen molar-refractivity contribution < 1.29 is 19.4 Å². The van der Waals surface area contributed by atoms with Crippen LogP contribution in [0.2, 0.25) is 0 Å². The van der Waals surface area contributed by atoms with Gasteiger partial charge in [-0.1, -0.05) is 36.4 Å². The van der Waals surface area contributed by atoms with E-state index in [0.29, 0.717) is 18.9 Å². The summed E-state index contributed by atoms with van der Waals surface area (Å²) in [6.07, 6.45) is 2.65. The first kappa shape index (κ1) is 19.9. The quantitative estimate of drug-likeness (QED) is 0.334. The molecular weight excluding hydrogens is 404 g/mol. The van der Waals surface area contributed by atoms with Crippen LogP contribution in [0.5, 0.6) is 11.5 Å². The number of nitrogens with zero attached hydrogens (tertiary/aromatic N) is 2. The average molecular weight is 426 g/mol. The van der Waals surface area contributed by atoms with Gasteiger partial charge in [-0.2, -0.15) is 0 Å². The number of aryl methyl sites for hydroxylation is 2. The minimum absolute atomic E-state index is 0.254. The zero-order valence-electron chi connectivity index (χ0n) is 17.8. The molecule has 0 fully saturated rings. The van der Waals surface area contributed by atoms with Crippen LogP contribution in [0.4, 0.5) is 4.79 Å². The smallest absolute Gasteiger partial charge is 0.488 e. The summed E-state index contributed by atoms with van der Waals surface area (Å²) in [5, 5.41) is 9.04. The number of aromatic nitrogens is 2. The number of allylic oxidation sites excluding steroid dienone is 1. The first-order chi connectivity index (χ1) is 15.5. The molecule has 0 unspecified atom stereocenters. The van der Waals surface area contributed by atoms with E-state index in [4.69, 9.17) is 14.6 Å². The number of hydrogen-bond acceptors (Lipinski definition) is 4. The van der Waals surface area contributed by atoms with Crippen LogP contribution < -0.4 is 9.47 Å². The van der Waals surface area contributed by atoms with E-state index < -0.39 is 6.16 Å². The summed E-state index contributed by atoms with van der Waals surface area (Å²) < 4.78 is 13.1. The molecule has 2 heterocycles. The van der Waals surface area contributed by atoms with Gasteiger partial charge in [0, 0.05) is 12.1 Å². The fourth-order valence-corrected chi connectivity index (χ4v) is 4.15. The van der Waals surface area contributed by atoms with E-state index in [1.165, 1.54) is 11.1 Å². The predicted molar refractivity (Wildman–Crippen MR) is 122 cm³/mol. The van der Waals surface area contributed by atoms with Gasteiger partial charge in [0.05, 0.1) is 17.4 Å². The van der Waals surface area contributed by atoms with Crippen LogP contribution in [0.25, 0.3) is 16.6 Å². The highest BCUT2D eigenvalue weighted by molar-refractivity contribution is 5.86. The van der Waals surface area contributed by atoms with Gasteiger partial charge in [0.25, 0.3) is 0 Å². The molecule has 0 saturated heterocycles. The molecule has 5 rings (SSSR count). The van der Waals surface area contributed by atoms with Crippen LogP contribution in [-0.2, 0) is 13.2 Å². The Kier molecular flexibility index (Phi) is 4.90. The second kappa shape index (κ2) is 7.89. The zero-order valence-corrected chi connectivity index (χ0v) is 17.8. The van der Waals surface area contributed by atoms with Crippen molar-refractivity contribution >= 4 is 22.8 Å². The number of rotatable bonds is 3. The molecule has 0 atom stereocenters. The number of benzene rings is 3. The third-order valence-electron chi connectivity index (χ3n) is 5.95. The summed E-state index contributed by atoms with van der Waals surface area (Å²) in [5.41, 5.74) is 8.36. The molecule has 0 aliphatic carbocycles. The Morgan fingerprint density at radius 3 is 2.84 bits per heavy atom. The van der Waals surface area contributed by atoms with Gasteiger partial charge >= 0.3 is 6.16 Å². The molecule has 0 radical (unpaired) electrons. The lowest BCUT2D eigenvalue weighted by atomic mass is 9.94. The van der Waals surface area contributed by atoms with Gasteiger partial charge in [-0.15, -0.1) is 0 Å². The van der Waals surface area contributed by atoms with Gasteiger partial charge in [-0.25, -0.2) is 9.78 Å². The van der Waals surface area contributed by atoms with Crippen LogP contribution in [0, 0.1) is 13.8 Å². The number of hydrogen-bond donors (Lipinski definition) is 1. The van der Waals surface area contributed by atoms with Crippen LogP contribution >= 0.6 is 0 Å². The molecule has 1 aromatic heterocycles. The highest BCUT2D eigenvalue weighted by Crippen LogP contribution is 2.39. The first-order valence-electron chi connectivity index (χ1n) is 10.4. The summed E-state index contributed by atoms with van der Waals surface area (Å²) in [4.78, 5) is 15.7. The van der Waals surface area contributed by atoms with Crippen molar-refractivity contribution in [3.8, 4) is 11.5 Å². The molecule has 32 heavy (non-hydrogen) atoms. The summed E-state index contributed by atoms with van der Waals surface area (Å²) in [6, 6.07) is 17.4. The molecule has 160 valence electrons. The van der Waals surface area contributed by atoms with E-state index in [2.05, 4.69) is 47.7 Å². The van der Waals surface area contributed by atoms with E-state index in [1.54, 1.807) is 18.2 Å². The molecule has 6 heteroatoms. The SMILES string of the molecule is Cc1ccc2c(ncn2CC=C2c3ccccc3COc3ccc(OC(=O)O)cc32)c1C. The summed E-state index contributed by atoms with van der Waals surface area (Å²) >= 11 is 0. The molecule has 1 aliphatic rings. The van der Waals surface area contributed by atoms with Gasteiger partial charge in [0.2, 0.25) is 0 Å². The maximum absolute atomic E-state index is 11.1. The lowest BCUT2D eigenvalue weighted by Gasteiger charge is -2.12. The molecule has 6 nitrogen and oxygen atoms in total. The number of imidazole rings is 1. The Morgan fingerprint density at radius 2 is 2.00 bits per heavy atom. The van der Waals surface area contributed by atoms with Gasteiger partial charge in [-0.05, 0) is 65.9 Å². The lowest BCUT2D eigenvalue weighted by Crippen LogP contribution is -2.03. The number of ether oxygens (including phenoxy) is 2. The molecule has 0 spiro atoms. The van der Waals surface area contributed by atoms with Crippen LogP contribution in [0.15, 0.2) is 67.0 Å². The van der Waals surface area contributed by atoms with Gasteiger partial charge < -0.3 is 19.1 Å². The number of fused-ring (bicyclic) bond motifs is 3. The molecule has 4 aromatic rings. The van der Waals surface area contributed by atoms with E-state index in [1.807, 2.05) is 24.5 Å². The molecular formula is C26H22N2O4. The Hall–Kier alpha value is -4.06. The van der Waals surface area contributed by atoms with Crippen LogP contribution in [-0.4, -0.2) is 20.8 Å². The molecule has 3 aromatic carbocycles. The number of carboxylic acid groups (broad SMARTS) is 1. The highest BCUT2D eigenvalue weighted by Gasteiger charge is 2.20. The Balaban J connectivity index is 1.63. The minimum atomic E-state index is -1.35. The molecule has 1 aliphatic heterocycles. The summed E-state index contributed by atoms with van der Waals surface area (Å²) in [7, 11) is 0. The third-order valence-corrected chi connectivity index (χ3v) is 5.95. The predicted octanol–water partition coefficient (Wildman–Crippen LogP) is 5.73. The monoisotopic (exact) mass is 426 g/mol. The van der Waals surface area contributed by atoms with E-state index in [0.717, 1.165) is 33.3 Å². The lowest BCUT2D eigenvalue weighted by molar-refractivity contribution is 0.144. The molecule has 0 bridgehead atoms. The average Bonchev–Trinajstić information content (AvgIpc) is 3.12. The first-order valence-corrected chi connectivity index (χ1v) is 10.4. The van der Waals surface area contributed by atoms with Crippen LogP contribution in [0.1, 0.15) is 27.8 Å². The molecule has 1 N–H and O–H groups in total. The summed E-state index contributed by atoms with van der Waals surface area (Å²) in [5.74, 6) is 0.941. The molecule has 0 saturated carbocycles. The fraction of sp³-hybridized carbons (Fsp3) is 0.154. The minimum Gasteiger partial charge on any atom is -0.488 e. The highest BCUT2D eigenvalue weighted by atomic mass is 16.7. The summed E-state index contributed by atoms with van der Waals surface area (Å²) in [6.45, 7) is 5.22. The van der Waals surface area contributed by atoms with Gasteiger partial charge in [0.15, 0.2) is 0 Å². The Morgan fingerprint density at radius 1 is 1.16 bits per heavy atom. The van der Waals surface area contributed by atoms with Crippen LogP contribution in [0.3, 0.4) is 0 Å². The van der Waals surface area contributed by atoms with Crippen molar-refractivity contribution in [3.05, 3.63) is 94.8 Å². The number of carbonyl (C=O) groups is 1. The third kappa shape index (κ3) is 3.50. The van der Waals surface area contributed by atoms with Crippen molar-refractivity contribution in [2.45, 2.75) is 27.0 Å². The fourth-order valence-electron chi connectivity index (χ4n) is 4.15. The van der Waals surface area contributed by atoms with Crippen molar-refractivity contribution in [2.24, 2.45) is 0 Å². The topological polar surface area (TPSA) is 73.6 Å². The Labute approximate surface area is 185 Å². The second-order valence-electron chi connectivity index (χ2n) is 7.86. The maximum atomic E-state index is 11.1. The van der Waals surface area contributed by atoms with Crippen molar-refractivity contribution in [2.75, 3.05) is 0 Å². The largest absolute Gasteiger partial charge is 0.511 e. The van der Waals surface area contributed by atoms with E-state index >= 15 is 0 Å². The zero-order chi connectivity index (χ0) is 22.2. The van der Waals surface area contributed by atoms with Crippen molar-refractivity contribution in [3.63, 3.8) is 0 Å². The van der Waals surface area contributed by atoms with Crippen molar-refractivity contribution in [1.29, 1.82) is 0 Å². The Bertz CT molecular complexity index is 1380. The van der Waals surface area contributed by atoms with Gasteiger partial charge in [-0.3, -0.25) is 0 Å². The standard InChI is InChI=1S/C26H22N2O4/c1-16-7-9-23-25(17(16)2)27-15-28(23)12-11-21-20-6-4-3-5-18(20)14-31-24-10-8-19(13-22(21)24)32-26(29)30/h3-11,13,15H,12,14H2,1-2H3,(H,29,30).